The molecule has 7 heteroatoms. The standard InChI is InChI=1S/C12H7BrFN3OS/c13-7-3-10-9(11(14)4-7)1-2-17(12(10)18)6-8-5-15-19-16-8/h1-5H,6H2. The van der Waals surface area contributed by atoms with Crippen LogP contribution in [0.3, 0.4) is 0 Å². The number of hydrogen-bond acceptors (Lipinski definition) is 4. The van der Waals surface area contributed by atoms with E-state index in [9.17, 15) is 9.18 Å². The molecule has 3 rings (SSSR count). The van der Waals surface area contributed by atoms with Crippen LogP contribution in [0.5, 0.6) is 0 Å². The number of rotatable bonds is 2. The molecule has 0 saturated carbocycles. The third-order valence-electron chi connectivity index (χ3n) is 2.75. The van der Waals surface area contributed by atoms with Crippen molar-refractivity contribution < 1.29 is 4.39 Å². The average molecular weight is 340 g/mol. The lowest BCUT2D eigenvalue weighted by Crippen LogP contribution is -2.20. The van der Waals surface area contributed by atoms with Gasteiger partial charge in [0.25, 0.3) is 5.56 Å². The van der Waals surface area contributed by atoms with Gasteiger partial charge in [0.05, 0.1) is 35.5 Å². The second-order valence-electron chi connectivity index (χ2n) is 4.00. The summed E-state index contributed by atoms with van der Waals surface area (Å²) in [6.45, 7) is 0.333. The molecule has 0 amide bonds. The number of benzene rings is 1. The predicted octanol–water partition coefficient (Wildman–Crippen LogP) is 2.80. The first-order valence-electron chi connectivity index (χ1n) is 5.40. The Kier molecular flexibility index (Phi) is 3.16. The lowest BCUT2D eigenvalue weighted by atomic mass is 10.1. The molecule has 96 valence electrons. The van der Waals surface area contributed by atoms with Crippen molar-refractivity contribution in [2.45, 2.75) is 6.54 Å². The molecule has 3 aromatic rings. The van der Waals surface area contributed by atoms with Crippen LogP contribution >= 0.6 is 27.7 Å². The SMILES string of the molecule is O=c1c2cc(Br)cc(F)c2ccn1Cc1cnsn1. The maximum absolute atomic E-state index is 13.7. The highest BCUT2D eigenvalue weighted by Gasteiger charge is 2.09. The maximum atomic E-state index is 13.7. The molecule has 1 aromatic carbocycles. The Hall–Kier alpha value is -1.60. The van der Waals surface area contributed by atoms with Gasteiger partial charge in [0.2, 0.25) is 0 Å². The van der Waals surface area contributed by atoms with Gasteiger partial charge in [-0.15, -0.1) is 0 Å². The molecule has 0 bridgehead atoms. The smallest absolute Gasteiger partial charge is 0.258 e. The largest absolute Gasteiger partial charge is 0.309 e. The third kappa shape index (κ3) is 2.31. The summed E-state index contributed by atoms with van der Waals surface area (Å²) in [5.74, 6) is -0.413. The summed E-state index contributed by atoms with van der Waals surface area (Å²) in [6.07, 6.45) is 3.18. The lowest BCUT2D eigenvalue weighted by Gasteiger charge is -2.06. The van der Waals surface area contributed by atoms with Crippen LogP contribution in [-0.2, 0) is 6.54 Å². The van der Waals surface area contributed by atoms with E-state index in [1.807, 2.05) is 0 Å². The minimum atomic E-state index is -0.413. The zero-order chi connectivity index (χ0) is 13.4. The van der Waals surface area contributed by atoms with E-state index in [2.05, 4.69) is 24.7 Å². The van der Waals surface area contributed by atoms with Gasteiger partial charge >= 0.3 is 0 Å². The van der Waals surface area contributed by atoms with Crippen LogP contribution in [0.2, 0.25) is 0 Å². The Balaban J connectivity index is 2.18. The molecule has 0 atom stereocenters. The molecule has 0 radical (unpaired) electrons. The Bertz CT molecular complexity index is 801. The molecule has 19 heavy (non-hydrogen) atoms. The van der Waals surface area contributed by atoms with Crippen LogP contribution in [0.15, 0.2) is 39.9 Å². The fraction of sp³-hybridized carbons (Fsp3) is 0.0833. The Morgan fingerprint density at radius 3 is 2.95 bits per heavy atom. The topological polar surface area (TPSA) is 47.8 Å². The number of nitrogens with zero attached hydrogens (tertiary/aromatic N) is 3. The van der Waals surface area contributed by atoms with Gasteiger partial charge in [0.1, 0.15) is 5.82 Å². The Morgan fingerprint density at radius 2 is 2.21 bits per heavy atom. The van der Waals surface area contributed by atoms with Crippen molar-refractivity contribution in [3.8, 4) is 0 Å². The summed E-state index contributed by atoms with van der Waals surface area (Å²) >= 11 is 4.28. The second-order valence-corrected chi connectivity index (χ2v) is 5.47. The molecule has 0 fully saturated rings. The van der Waals surface area contributed by atoms with Gasteiger partial charge in [-0.3, -0.25) is 4.79 Å². The summed E-state index contributed by atoms with van der Waals surface area (Å²) < 4.78 is 23.7. The van der Waals surface area contributed by atoms with E-state index < -0.39 is 5.82 Å². The van der Waals surface area contributed by atoms with E-state index in [1.54, 1.807) is 24.5 Å². The first-order valence-corrected chi connectivity index (χ1v) is 6.92. The van der Waals surface area contributed by atoms with Crippen molar-refractivity contribution in [3.63, 3.8) is 0 Å². The number of aromatic nitrogens is 3. The lowest BCUT2D eigenvalue weighted by molar-refractivity contribution is 0.638. The summed E-state index contributed by atoms with van der Waals surface area (Å²) in [6, 6.07) is 4.56. The van der Waals surface area contributed by atoms with Gasteiger partial charge in [0.15, 0.2) is 0 Å². The van der Waals surface area contributed by atoms with E-state index in [1.165, 1.54) is 10.6 Å². The number of pyridine rings is 1. The van der Waals surface area contributed by atoms with E-state index in [-0.39, 0.29) is 5.56 Å². The van der Waals surface area contributed by atoms with Gasteiger partial charge in [-0.05, 0) is 18.2 Å². The van der Waals surface area contributed by atoms with E-state index in [0.29, 0.717) is 27.5 Å². The van der Waals surface area contributed by atoms with Crippen LogP contribution < -0.4 is 5.56 Å². The van der Waals surface area contributed by atoms with Crippen molar-refractivity contribution >= 4 is 38.4 Å². The van der Waals surface area contributed by atoms with Crippen molar-refractivity contribution in [3.05, 3.63) is 56.9 Å². The zero-order valence-electron chi connectivity index (χ0n) is 9.51. The molecule has 0 unspecified atom stereocenters. The van der Waals surface area contributed by atoms with Crippen molar-refractivity contribution in [1.29, 1.82) is 0 Å². The van der Waals surface area contributed by atoms with E-state index in [4.69, 9.17) is 0 Å². The van der Waals surface area contributed by atoms with E-state index >= 15 is 0 Å². The summed E-state index contributed by atoms with van der Waals surface area (Å²) in [4.78, 5) is 12.3. The second kappa shape index (κ2) is 4.82. The molecule has 2 aromatic heterocycles. The highest BCUT2D eigenvalue weighted by Crippen LogP contribution is 2.20. The zero-order valence-corrected chi connectivity index (χ0v) is 11.9. The van der Waals surface area contributed by atoms with Gasteiger partial charge in [-0.25, -0.2) is 4.39 Å². The van der Waals surface area contributed by atoms with Gasteiger partial charge < -0.3 is 4.57 Å². The normalized spacial score (nSPS) is 11.1. The van der Waals surface area contributed by atoms with E-state index in [0.717, 1.165) is 11.7 Å². The third-order valence-corrected chi connectivity index (χ3v) is 3.72. The highest BCUT2D eigenvalue weighted by atomic mass is 79.9. The molecule has 0 saturated heterocycles. The quantitative estimate of drug-likeness (QED) is 0.721. The first-order chi connectivity index (χ1) is 9.15. The predicted molar refractivity (Wildman–Crippen MR) is 74.9 cm³/mol. The van der Waals surface area contributed by atoms with Crippen LogP contribution in [0.4, 0.5) is 4.39 Å². The minimum Gasteiger partial charge on any atom is -0.309 e. The van der Waals surface area contributed by atoms with Gasteiger partial charge in [0, 0.05) is 16.1 Å². The summed E-state index contributed by atoms with van der Waals surface area (Å²) in [5.41, 5.74) is 0.465. The summed E-state index contributed by atoms with van der Waals surface area (Å²) in [5, 5.41) is 0.665. The van der Waals surface area contributed by atoms with Crippen LogP contribution in [0.1, 0.15) is 5.69 Å². The van der Waals surface area contributed by atoms with Crippen molar-refractivity contribution in [1.82, 2.24) is 13.3 Å². The monoisotopic (exact) mass is 339 g/mol. The fourth-order valence-corrected chi connectivity index (χ4v) is 2.73. The first kappa shape index (κ1) is 12.4. The maximum Gasteiger partial charge on any atom is 0.258 e. The van der Waals surface area contributed by atoms with Crippen LogP contribution in [0.25, 0.3) is 10.8 Å². The van der Waals surface area contributed by atoms with Crippen LogP contribution in [0, 0.1) is 5.82 Å². The minimum absolute atomic E-state index is 0.245. The molecule has 0 aliphatic heterocycles. The van der Waals surface area contributed by atoms with Crippen molar-refractivity contribution in [2.24, 2.45) is 0 Å². The molecule has 0 N–H and O–H groups in total. The average Bonchev–Trinajstić information content (AvgIpc) is 2.86. The molecule has 4 nitrogen and oxygen atoms in total. The van der Waals surface area contributed by atoms with Crippen molar-refractivity contribution in [2.75, 3.05) is 0 Å². The molecular weight excluding hydrogens is 333 g/mol. The number of halogens is 2. The Morgan fingerprint density at radius 1 is 1.37 bits per heavy atom. The number of fused-ring (bicyclic) bond motifs is 1. The Labute approximate surface area is 120 Å². The molecule has 0 spiro atoms. The summed E-state index contributed by atoms with van der Waals surface area (Å²) in [7, 11) is 0. The number of hydrogen-bond donors (Lipinski definition) is 0. The molecular formula is C12H7BrFN3OS. The van der Waals surface area contributed by atoms with Gasteiger partial charge in [-0.2, -0.15) is 8.75 Å². The fourth-order valence-electron chi connectivity index (χ4n) is 1.87. The van der Waals surface area contributed by atoms with Gasteiger partial charge in [-0.1, -0.05) is 15.9 Å². The highest BCUT2D eigenvalue weighted by molar-refractivity contribution is 9.10. The van der Waals surface area contributed by atoms with Crippen LogP contribution in [-0.4, -0.2) is 13.3 Å². The molecule has 2 heterocycles. The molecule has 0 aliphatic rings. The molecule has 0 aliphatic carbocycles.